The molecule has 154 valence electrons. The predicted molar refractivity (Wildman–Crippen MR) is 104 cm³/mol. The van der Waals surface area contributed by atoms with Gasteiger partial charge in [-0.25, -0.2) is 13.2 Å². The number of nitrogens with one attached hydrogen (secondary N) is 1. The molecule has 0 aromatic heterocycles. The summed E-state index contributed by atoms with van der Waals surface area (Å²) in [6.07, 6.45) is 6.07. The first-order valence-electron chi connectivity index (χ1n) is 9.94. The van der Waals surface area contributed by atoms with E-state index in [9.17, 15) is 18.0 Å². The number of nitrogens with zero attached hydrogens (tertiary/aromatic N) is 1. The summed E-state index contributed by atoms with van der Waals surface area (Å²) < 4.78 is 31.5. The monoisotopic (exact) mass is 408 g/mol. The number of carbonyl (C=O) groups excluding carboxylic acids is 2. The fraction of sp³-hybridized carbons (Fsp3) is 0.600. The Kier molecular flexibility index (Phi) is 6.72. The molecule has 1 aliphatic carbocycles. The molecule has 1 saturated carbocycles. The standard InChI is InChI=1S/C20H28N2O5S/c1-15-6-2-3-7-18(15)21-19(23)14-27-20(24)16-8-10-17(11-9-16)28(25,26)22-12-4-5-13-22/h8-11,15,18H,2-7,12-14H2,1H3,(H,21,23). The maximum Gasteiger partial charge on any atom is 0.338 e. The lowest BCUT2D eigenvalue weighted by atomic mass is 9.86. The van der Waals surface area contributed by atoms with Gasteiger partial charge in [0.2, 0.25) is 10.0 Å². The molecule has 1 aromatic rings. The van der Waals surface area contributed by atoms with Gasteiger partial charge in [-0.3, -0.25) is 4.79 Å². The Morgan fingerprint density at radius 3 is 2.36 bits per heavy atom. The van der Waals surface area contributed by atoms with Crippen LogP contribution in [0.3, 0.4) is 0 Å². The third-order valence-electron chi connectivity index (χ3n) is 5.59. The molecule has 1 N–H and O–H groups in total. The molecule has 2 unspecified atom stereocenters. The molecule has 1 aliphatic heterocycles. The van der Waals surface area contributed by atoms with E-state index in [1.54, 1.807) is 0 Å². The topological polar surface area (TPSA) is 92.8 Å². The normalized spacial score (nSPS) is 23.3. The summed E-state index contributed by atoms with van der Waals surface area (Å²) in [7, 11) is -3.51. The summed E-state index contributed by atoms with van der Waals surface area (Å²) in [6.45, 7) is 2.84. The van der Waals surface area contributed by atoms with Crippen LogP contribution in [0, 0.1) is 5.92 Å². The van der Waals surface area contributed by atoms with Gasteiger partial charge in [0.1, 0.15) is 0 Å². The number of rotatable bonds is 6. The highest BCUT2D eigenvalue weighted by atomic mass is 32.2. The largest absolute Gasteiger partial charge is 0.452 e. The Balaban J connectivity index is 1.52. The number of benzene rings is 1. The molecule has 8 heteroatoms. The number of hydrogen-bond acceptors (Lipinski definition) is 5. The fourth-order valence-electron chi connectivity index (χ4n) is 3.83. The van der Waals surface area contributed by atoms with Gasteiger partial charge >= 0.3 is 5.97 Å². The second-order valence-corrected chi connectivity index (χ2v) is 9.59. The zero-order valence-corrected chi connectivity index (χ0v) is 17.0. The van der Waals surface area contributed by atoms with Crippen molar-refractivity contribution in [3.63, 3.8) is 0 Å². The zero-order chi connectivity index (χ0) is 20.1. The average Bonchev–Trinajstić information content (AvgIpc) is 3.24. The Morgan fingerprint density at radius 1 is 1.07 bits per heavy atom. The van der Waals surface area contributed by atoms with Crippen molar-refractivity contribution in [2.45, 2.75) is 56.4 Å². The Hall–Kier alpha value is -1.93. The summed E-state index contributed by atoms with van der Waals surface area (Å²) in [4.78, 5) is 24.4. The molecule has 3 rings (SSSR count). The summed E-state index contributed by atoms with van der Waals surface area (Å²) in [5.41, 5.74) is 0.221. The molecule has 2 aliphatic rings. The molecule has 0 spiro atoms. The SMILES string of the molecule is CC1CCCCC1NC(=O)COC(=O)c1ccc(S(=O)(=O)N2CCCC2)cc1. The minimum absolute atomic E-state index is 0.134. The first-order chi connectivity index (χ1) is 13.4. The number of amides is 1. The second kappa shape index (κ2) is 9.05. The van der Waals surface area contributed by atoms with E-state index in [0.29, 0.717) is 19.0 Å². The van der Waals surface area contributed by atoms with Gasteiger partial charge < -0.3 is 10.1 Å². The highest BCUT2D eigenvalue weighted by Gasteiger charge is 2.27. The van der Waals surface area contributed by atoms with Crippen LogP contribution in [0.1, 0.15) is 55.8 Å². The van der Waals surface area contributed by atoms with E-state index in [2.05, 4.69) is 12.2 Å². The van der Waals surface area contributed by atoms with Crippen molar-refractivity contribution in [2.24, 2.45) is 5.92 Å². The van der Waals surface area contributed by atoms with Crippen LogP contribution < -0.4 is 5.32 Å². The predicted octanol–water partition coefficient (Wildman–Crippen LogP) is 2.32. The third kappa shape index (κ3) is 4.91. The molecule has 1 saturated heterocycles. The molecule has 1 amide bonds. The molecule has 7 nitrogen and oxygen atoms in total. The van der Waals surface area contributed by atoms with Crippen molar-refractivity contribution in [2.75, 3.05) is 19.7 Å². The second-order valence-electron chi connectivity index (χ2n) is 7.65. The van der Waals surface area contributed by atoms with Gasteiger partial charge in [-0.05, 0) is 55.9 Å². The maximum atomic E-state index is 12.5. The lowest BCUT2D eigenvalue weighted by Crippen LogP contribution is -2.42. The molecule has 2 atom stereocenters. The van der Waals surface area contributed by atoms with Crippen LogP contribution in [0.4, 0.5) is 0 Å². The van der Waals surface area contributed by atoms with Crippen LogP contribution in [0.2, 0.25) is 0 Å². The average molecular weight is 409 g/mol. The minimum atomic E-state index is -3.51. The van der Waals surface area contributed by atoms with Crippen molar-refractivity contribution >= 4 is 21.9 Å². The number of ether oxygens (including phenoxy) is 1. The van der Waals surface area contributed by atoms with Crippen LogP contribution in [-0.4, -0.2) is 50.3 Å². The molecule has 1 heterocycles. The van der Waals surface area contributed by atoms with Gasteiger partial charge in [0, 0.05) is 19.1 Å². The quantitative estimate of drug-likeness (QED) is 0.729. The summed E-state index contributed by atoms with van der Waals surface area (Å²) in [6, 6.07) is 5.80. The molecule has 1 aromatic carbocycles. The number of esters is 1. The van der Waals surface area contributed by atoms with E-state index in [1.165, 1.54) is 35.0 Å². The van der Waals surface area contributed by atoms with Crippen LogP contribution in [0.15, 0.2) is 29.2 Å². The fourth-order valence-corrected chi connectivity index (χ4v) is 5.35. The van der Waals surface area contributed by atoms with Crippen LogP contribution >= 0.6 is 0 Å². The van der Waals surface area contributed by atoms with Gasteiger partial charge in [0.15, 0.2) is 6.61 Å². The first kappa shape index (κ1) is 20.8. The van der Waals surface area contributed by atoms with Crippen LogP contribution in [0.5, 0.6) is 0 Å². The highest BCUT2D eigenvalue weighted by Crippen LogP contribution is 2.24. The number of sulfonamides is 1. The first-order valence-corrected chi connectivity index (χ1v) is 11.4. The zero-order valence-electron chi connectivity index (χ0n) is 16.2. The van der Waals surface area contributed by atoms with E-state index < -0.39 is 16.0 Å². The lowest BCUT2D eigenvalue weighted by Gasteiger charge is -2.29. The van der Waals surface area contributed by atoms with Gasteiger partial charge in [-0.2, -0.15) is 4.31 Å². The Morgan fingerprint density at radius 2 is 1.71 bits per heavy atom. The molecule has 0 bridgehead atoms. The van der Waals surface area contributed by atoms with Gasteiger partial charge in [0.05, 0.1) is 10.5 Å². The van der Waals surface area contributed by atoms with Gasteiger partial charge in [-0.15, -0.1) is 0 Å². The van der Waals surface area contributed by atoms with Crippen LogP contribution in [0.25, 0.3) is 0 Å². The molecular weight excluding hydrogens is 380 g/mol. The molecule has 0 radical (unpaired) electrons. The van der Waals surface area contributed by atoms with E-state index in [-0.39, 0.29) is 29.0 Å². The Bertz CT molecular complexity index is 800. The van der Waals surface area contributed by atoms with Gasteiger partial charge in [-0.1, -0.05) is 19.8 Å². The lowest BCUT2D eigenvalue weighted by molar-refractivity contribution is -0.125. The van der Waals surface area contributed by atoms with E-state index in [4.69, 9.17) is 4.74 Å². The summed E-state index contributed by atoms with van der Waals surface area (Å²) >= 11 is 0. The van der Waals surface area contributed by atoms with Crippen molar-refractivity contribution in [3.8, 4) is 0 Å². The van der Waals surface area contributed by atoms with E-state index in [1.807, 2.05) is 0 Å². The third-order valence-corrected chi connectivity index (χ3v) is 7.50. The van der Waals surface area contributed by atoms with Crippen molar-refractivity contribution in [1.82, 2.24) is 9.62 Å². The summed E-state index contributed by atoms with van der Waals surface area (Å²) in [5.74, 6) is -0.518. The van der Waals surface area contributed by atoms with Crippen molar-refractivity contribution in [3.05, 3.63) is 29.8 Å². The summed E-state index contributed by atoms with van der Waals surface area (Å²) in [5, 5.41) is 2.93. The van der Waals surface area contributed by atoms with E-state index in [0.717, 1.165) is 32.1 Å². The minimum Gasteiger partial charge on any atom is -0.452 e. The highest BCUT2D eigenvalue weighted by molar-refractivity contribution is 7.89. The number of carbonyl (C=O) groups is 2. The number of hydrogen-bond donors (Lipinski definition) is 1. The maximum absolute atomic E-state index is 12.5. The van der Waals surface area contributed by atoms with Crippen molar-refractivity contribution in [1.29, 1.82) is 0 Å². The van der Waals surface area contributed by atoms with Crippen molar-refractivity contribution < 1.29 is 22.7 Å². The molecule has 28 heavy (non-hydrogen) atoms. The van der Waals surface area contributed by atoms with E-state index >= 15 is 0 Å². The molecular formula is C20H28N2O5S. The van der Waals surface area contributed by atoms with Gasteiger partial charge in [0.25, 0.3) is 5.91 Å². The molecule has 2 fully saturated rings. The van der Waals surface area contributed by atoms with Crippen LogP contribution in [-0.2, 0) is 19.6 Å². The Labute approximate surface area is 166 Å². The smallest absolute Gasteiger partial charge is 0.338 e.